The second kappa shape index (κ2) is 5.57. The third-order valence-corrected chi connectivity index (χ3v) is 3.20. The molecule has 2 N–H and O–H groups in total. The summed E-state index contributed by atoms with van der Waals surface area (Å²) < 4.78 is 1.96. The molecule has 4 nitrogen and oxygen atoms in total. The van der Waals surface area contributed by atoms with E-state index in [-0.39, 0.29) is 0 Å². The van der Waals surface area contributed by atoms with Crippen LogP contribution >= 0.6 is 11.6 Å². The number of anilines is 1. The Bertz CT molecular complexity index is 533. The van der Waals surface area contributed by atoms with Crippen LogP contribution in [-0.4, -0.2) is 14.5 Å². The van der Waals surface area contributed by atoms with E-state index < -0.39 is 0 Å². The van der Waals surface area contributed by atoms with Crippen molar-refractivity contribution >= 4 is 28.7 Å². The highest BCUT2D eigenvalue weighted by Crippen LogP contribution is 2.20. The minimum Gasteiger partial charge on any atom is -0.369 e. The van der Waals surface area contributed by atoms with Crippen molar-refractivity contribution in [2.45, 2.75) is 39.7 Å². The van der Waals surface area contributed by atoms with Crippen molar-refractivity contribution in [3.05, 3.63) is 17.3 Å². The predicted molar refractivity (Wildman–Crippen MR) is 75.6 cm³/mol. The molecular formula is C13H19ClN4. The average molecular weight is 267 g/mol. The zero-order valence-corrected chi connectivity index (χ0v) is 11.6. The van der Waals surface area contributed by atoms with Crippen LogP contribution in [-0.2, 0) is 6.54 Å². The summed E-state index contributed by atoms with van der Waals surface area (Å²) in [6.45, 7) is 5.35. The molecule has 0 aromatic carbocycles. The first-order valence-electron chi connectivity index (χ1n) is 6.35. The molecule has 0 radical (unpaired) electrons. The molecule has 0 atom stereocenters. The number of halogens is 1. The van der Waals surface area contributed by atoms with Crippen molar-refractivity contribution in [3.63, 3.8) is 0 Å². The van der Waals surface area contributed by atoms with Crippen LogP contribution in [0, 0.1) is 5.92 Å². The number of fused-ring (bicyclic) bond motifs is 1. The highest BCUT2D eigenvalue weighted by Gasteiger charge is 2.09. The lowest BCUT2D eigenvalue weighted by atomic mass is 10.1. The smallest absolute Gasteiger partial charge is 0.202 e. The molecule has 0 aliphatic carbocycles. The summed E-state index contributed by atoms with van der Waals surface area (Å²) in [5.41, 5.74) is 7.50. The number of nitrogen functional groups attached to an aromatic ring is 1. The molecule has 2 rings (SSSR count). The van der Waals surface area contributed by atoms with Crippen LogP contribution in [0.15, 0.2) is 12.3 Å². The summed E-state index contributed by atoms with van der Waals surface area (Å²) in [5.74, 6) is 1.27. The third-order valence-electron chi connectivity index (χ3n) is 2.99. The van der Waals surface area contributed by atoms with Gasteiger partial charge in [-0.15, -0.1) is 0 Å². The standard InChI is InChI=1S/C13H19ClN4/c1-9(2)5-3-4-6-18-12-11(17-13(18)15)7-10(14)8-16-12/h7-9H,3-6H2,1-2H3,(H2,15,17). The van der Waals surface area contributed by atoms with Crippen molar-refractivity contribution in [3.8, 4) is 0 Å². The fourth-order valence-electron chi connectivity index (χ4n) is 2.05. The SMILES string of the molecule is CC(C)CCCCn1c(N)nc2cc(Cl)cnc21. The number of nitrogens with zero attached hydrogens (tertiary/aromatic N) is 3. The van der Waals surface area contributed by atoms with Gasteiger partial charge in [0.25, 0.3) is 0 Å². The van der Waals surface area contributed by atoms with Crippen LogP contribution in [0.5, 0.6) is 0 Å². The maximum Gasteiger partial charge on any atom is 0.202 e. The fraction of sp³-hybridized carbons (Fsp3) is 0.538. The largest absolute Gasteiger partial charge is 0.369 e. The van der Waals surface area contributed by atoms with Crippen LogP contribution in [0.4, 0.5) is 5.95 Å². The van der Waals surface area contributed by atoms with E-state index in [1.807, 2.05) is 4.57 Å². The molecule has 0 saturated heterocycles. The maximum atomic E-state index is 5.91. The summed E-state index contributed by atoms with van der Waals surface area (Å²) in [6.07, 6.45) is 5.17. The first kappa shape index (κ1) is 13.1. The number of rotatable bonds is 5. The van der Waals surface area contributed by atoms with E-state index >= 15 is 0 Å². The molecule has 5 heteroatoms. The quantitative estimate of drug-likeness (QED) is 0.843. The number of aromatic nitrogens is 3. The van der Waals surface area contributed by atoms with Crippen molar-refractivity contribution in [1.82, 2.24) is 14.5 Å². The summed E-state index contributed by atoms with van der Waals surface area (Å²) >= 11 is 5.89. The number of unbranched alkanes of at least 4 members (excludes halogenated alkanes) is 1. The molecule has 0 aliphatic rings. The average Bonchev–Trinajstić information content (AvgIpc) is 2.59. The molecule has 2 aromatic heterocycles. The molecule has 0 fully saturated rings. The molecule has 0 saturated carbocycles. The highest BCUT2D eigenvalue weighted by atomic mass is 35.5. The van der Waals surface area contributed by atoms with Gasteiger partial charge in [0.2, 0.25) is 5.95 Å². The van der Waals surface area contributed by atoms with Crippen molar-refractivity contribution < 1.29 is 0 Å². The number of hydrogen-bond donors (Lipinski definition) is 1. The Morgan fingerprint density at radius 1 is 1.39 bits per heavy atom. The van der Waals surface area contributed by atoms with Gasteiger partial charge in [-0.1, -0.05) is 38.3 Å². The molecule has 0 spiro atoms. The van der Waals surface area contributed by atoms with Gasteiger partial charge in [-0.25, -0.2) is 9.97 Å². The molecule has 18 heavy (non-hydrogen) atoms. The van der Waals surface area contributed by atoms with E-state index in [1.54, 1.807) is 12.3 Å². The molecule has 0 unspecified atom stereocenters. The highest BCUT2D eigenvalue weighted by molar-refractivity contribution is 6.31. The Morgan fingerprint density at radius 2 is 2.17 bits per heavy atom. The van der Waals surface area contributed by atoms with Gasteiger partial charge in [0.15, 0.2) is 5.65 Å². The van der Waals surface area contributed by atoms with Crippen LogP contribution in [0.2, 0.25) is 5.02 Å². The molecule has 2 aromatic rings. The topological polar surface area (TPSA) is 56.7 Å². The number of hydrogen-bond acceptors (Lipinski definition) is 3. The zero-order valence-electron chi connectivity index (χ0n) is 10.9. The van der Waals surface area contributed by atoms with Crippen LogP contribution in [0.1, 0.15) is 33.1 Å². The van der Waals surface area contributed by atoms with Gasteiger partial charge >= 0.3 is 0 Å². The van der Waals surface area contributed by atoms with E-state index in [9.17, 15) is 0 Å². The molecule has 0 amide bonds. The van der Waals surface area contributed by atoms with Gasteiger partial charge in [0.1, 0.15) is 5.52 Å². The Hall–Kier alpha value is -1.29. The Balaban J connectivity index is 2.10. The lowest BCUT2D eigenvalue weighted by molar-refractivity contribution is 0.513. The number of pyridine rings is 1. The minimum atomic E-state index is 0.518. The minimum absolute atomic E-state index is 0.518. The summed E-state index contributed by atoms with van der Waals surface area (Å²) in [4.78, 5) is 8.59. The molecule has 98 valence electrons. The van der Waals surface area contributed by atoms with E-state index in [0.29, 0.717) is 11.0 Å². The summed E-state index contributed by atoms with van der Waals surface area (Å²) in [7, 11) is 0. The number of nitrogens with two attached hydrogens (primary N) is 1. The second-order valence-electron chi connectivity index (χ2n) is 5.01. The Labute approximate surface area is 112 Å². The van der Waals surface area contributed by atoms with E-state index in [1.165, 1.54) is 12.8 Å². The second-order valence-corrected chi connectivity index (χ2v) is 5.44. The molecule has 2 heterocycles. The predicted octanol–water partition coefficient (Wildman–Crippen LogP) is 3.49. The molecule has 0 bridgehead atoms. The van der Waals surface area contributed by atoms with Gasteiger partial charge in [-0.05, 0) is 18.4 Å². The van der Waals surface area contributed by atoms with Crippen molar-refractivity contribution in [2.24, 2.45) is 5.92 Å². The van der Waals surface area contributed by atoms with E-state index in [0.717, 1.165) is 30.0 Å². The van der Waals surface area contributed by atoms with Crippen LogP contribution < -0.4 is 5.73 Å². The number of aryl methyl sites for hydroxylation is 1. The van der Waals surface area contributed by atoms with Crippen molar-refractivity contribution in [2.75, 3.05) is 5.73 Å². The van der Waals surface area contributed by atoms with Gasteiger partial charge in [0, 0.05) is 12.7 Å². The fourth-order valence-corrected chi connectivity index (χ4v) is 2.20. The Morgan fingerprint density at radius 3 is 2.89 bits per heavy atom. The maximum absolute atomic E-state index is 5.91. The summed E-state index contributed by atoms with van der Waals surface area (Å²) in [5, 5.41) is 0.590. The van der Waals surface area contributed by atoms with Crippen LogP contribution in [0.25, 0.3) is 11.2 Å². The molecular weight excluding hydrogens is 248 g/mol. The van der Waals surface area contributed by atoms with Gasteiger partial charge in [-0.3, -0.25) is 4.57 Å². The Kier molecular flexibility index (Phi) is 4.07. The van der Waals surface area contributed by atoms with Gasteiger partial charge in [0.05, 0.1) is 5.02 Å². The van der Waals surface area contributed by atoms with Gasteiger partial charge in [-0.2, -0.15) is 0 Å². The third kappa shape index (κ3) is 2.93. The van der Waals surface area contributed by atoms with Crippen LogP contribution in [0.3, 0.4) is 0 Å². The molecule has 0 aliphatic heterocycles. The van der Waals surface area contributed by atoms with Crippen molar-refractivity contribution in [1.29, 1.82) is 0 Å². The van der Waals surface area contributed by atoms with E-state index in [2.05, 4.69) is 23.8 Å². The first-order chi connectivity index (χ1) is 8.58. The first-order valence-corrected chi connectivity index (χ1v) is 6.73. The lowest BCUT2D eigenvalue weighted by Gasteiger charge is -2.07. The normalized spacial score (nSPS) is 11.6. The number of imidazole rings is 1. The zero-order chi connectivity index (χ0) is 13.1. The van der Waals surface area contributed by atoms with Gasteiger partial charge < -0.3 is 5.73 Å². The lowest BCUT2D eigenvalue weighted by Crippen LogP contribution is -2.04. The van der Waals surface area contributed by atoms with E-state index in [4.69, 9.17) is 17.3 Å². The monoisotopic (exact) mass is 266 g/mol. The summed E-state index contributed by atoms with van der Waals surface area (Å²) in [6, 6.07) is 1.80.